The number of benzene rings is 3. The summed E-state index contributed by atoms with van der Waals surface area (Å²) in [6.45, 7) is 2.09. The summed E-state index contributed by atoms with van der Waals surface area (Å²) in [5.74, 6) is 0.460. The largest absolute Gasteiger partial charge is 0.496 e. The van der Waals surface area contributed by atoms with Crippen molar-refractivity contribution in [2.75, 3.05) is 68.8 Å². The third-order valence-electron chi connectivity index (χ3n) is 15.1. The van der Waals surface area contributed by atoms with Crippen molar-refractivity contribution in [1.82, 2.24) is 20.4 Å². The molecule has 0 unspecified atom stereocenters. The topological polar surface area (TPSA) is 240 Å². The van der Waals surface area contributed by atoms with Crippen molar-refractivity contribution in [3.8, 4) is 34.5 Å². The van der Waals surface area contributed by atoms with Gasteiger partial charge in [-0.2, -0.15) is 0 Å². The number of methoxy groups -OCH3 is 6. The summed E-state index contributed by atoms with van der Waals surface area (Å²) >= 11 is 0. The Labute approximate surface area is 422 Å². The fraction of sp³-hybridized carbons (Fsp3) is 0.556. The van der Waals surface area contributed by atoms with Gasteiger partial charge in [0.05, 0.1) is 76.0 Å². The fourth-order valence-electron chi connectivity index (χ4n) is 10.7. The number of hydrogen-bond acceptors (Lipinski definition) is 14. The Morgan fingerprint density at radius 3 is 1.00 bits per heavy atom. The molecule has 2 heterocycles. The van der Waals surface area contributed by atoms with E-state index in [-0.39, 0.29) is 118 Å². The van der Waals surface area contributed by atoms with Crippen LogP contribution in [0.4, 0.5) is 0 Å². The van der Waals surface area contributed by atoms with E-state index in [1.165, 1.54) is 42.7 Å². The number of rotatable bonds is 18. The van der Waals surface area contributed by atoms with Crippen LogP contribution in [0, 0.1) is 11.8 Å². The number of piperidine rings is 2. The van der Waals surface area contributed by atoms with Gasteiger partial charge in [-0.3, -0.25) is 28.8 Å². The van der Waals surface area contributed by atoms with Crippen LogP contribution in [-0.2, 0) is 0 Å². The third-order valence-corrected chi connectivity index (χ3v) is 15.1. The van der Waals surface area contributed by atoms with Crippen molar-refractivity contribution in [3.63, 3.8) is 0 Å². The van der Waals surface area contributed by atoms with Gasteiger partial charge in [0.2, 0.25) is 0 Å². The van der Waals surface area contributed by atoms with E-state index in [4.69, 9.17) is 39.9 Å². The molecule has 4 fully saturated rings. The molecule has 6 N–H and O–H groups in total. The average molecular weight is 997 g/mol. The second-order valence-corrected chi connectivity index (χ2v) is 19.7. The molecule has 2 saturated heterocycles. The SMILES string of the molecule is COc1cc(OC)c(C(=O)CC2CCC(NC(=O)c3cc(C(=O)N4CCC(N)CC4)c(OC)cc3OC)CC2)cc1C(=O)CC1CCC(NC(=O)c2cc(C(=O)N3CCC(N)CC3)c(OC)cc2OC)CC1. The van der Waals surface area contributed by atoms with Gasteiger partial charge in [-0.05, 0) is 107 Å². The minimum atomic E-state index is -0.363. The van der Waals surface area contributed by atoms with Crippen LogP contribution in [0.3, 0.4) is 0 Å². The molecule has 72 heavy (non-hydrogen) atoms. The number of carbonyl (C=O) groups is 6. The summed E-state index contributed by atoms with van der Waals surface area (Å²) in [7, 11) is 8.84. The van der Waals surface area contributed by atoms with Gasteiger partial charge in [0.1, 0.15) is 34.5 Å². The molecule has 7 rings (SSSR count). The first kappa shape index (κ1) is 53.4. The second kappa shape index (κ2) is 24.3. The van der Waals surface area contributed by atoms with Crippen molar-refractivity contribution >= 4 is 35.2 Å². The van der Waals surface area contributed by atoms with Gasteiger partial charge in [0.15, 0.2) is 11.6 Å². The number of Topliss-reactive ketones (excluding diaryl/α,β-unsaturated/α-hetero) is 2. The van der Waals surface area contributed by atoms with Gasteiger partial charge in [0, 0.05) is 81.4 Å². The maximum absolute atomic E-state index is 14.0. The Hall–Kier alpha value is -6.40. The van der Waals surface area contributed by atoms with Gasteiger partial charge >= 0.3 is 0 Å². The Bertz CT molecular complexity index is 2300. The number of amides is 4. The summed E-state index contributed by atoms with van der Waals surface area (Å²) in [5, 5.41) is 6.26. The van der Waals surface area contributed by atoms with E-state index in [1.807, 2.05) is 0 Å². The Kier molecular flexibility index (Phi) is 18.1. The lowest BCUT2D eigenvalue weighted by molar-refractivity contribution is 0.0702. The molecule has 0 radical (unpaired) electrons. The zero-order valence-electron chi connectivity index (χ0n) is 42.6. The van der Waals surface area contributed by atoms with Crippen LogP contribution in [0.2, 0.25) is 0 Å². The number of carbonyl (C=O) groups excluding carboxylic acids is 6. The number of hydrogen-bond donors (Lipinski definition) is 4. The standard InChI is InChI=1S/C54H72N6O12/c1-67-45-28-46(68-2)38(44(62)24-32-9-13-36(14-10-32)58-52(64)40-27-42(50(72-6)30-48(40)70-4)54(66)60-21-17-34(56)18-22-60)25-37(45)43(61)23-31-7-11-35(12-8-31)57-51(63)39-26-41(49(71-5)29-47(39)69-3)53(65)59-19-15-33(55)16-20-59/h25-36H,7-24,55-56H2,1-6H3,(H,57,63)(H,58,64). The van der Waals surface area contributed by atoms with Crippen LogP contribution >= 0.6 is 0 Å². The lowest BCUT2D eigenvalue weighted by Crippen LogP contribution is -2.43. The molecular weight excluding hydrogens is 925 g/mol. The molecule has 0 bridgehead atoms. The second-order valence-electron chi connectivity index (χ2n) is 19.7. The molecular formula is C54H72N6O12. The van der Waals surface area contributed by atoms with Gasteiger partial charge in [-0.15, -0.1) is 0 Å². The molecule has 2 aliphatic carbocycles. The molecule has 0 atom stereocenters. The van der Waals surface area contributed by atoms with Gasteiger partial charge in [-0.1, -0.05) is 0 Å². The lowest BCUT2D eigenvalue weighted by atomic mass is 9.81. The Balaban J connectivity index is 0.930. The number of ketones is 2. The Morgan fingerprint density at radius 2 is 0.694 bits per heavy atom. The van der Waals surface area contributed by atoms with Crippen LogP contribution in [0.5, 0.6) is 34.5 Å². The summed E-state index contributed by atoms with van der Waals surface area (Å²) in [6.07, 6.45) is 8.59. The average Bonchev–Trinajstić information content (AvgIpc) is 3.40. The first-order valence-electron chi connectivity index (χ1n) is 25.2. The molecule has 0 aromatic heterocycles. The highest BCUT2D eigenvalue weighted by atomic mass is 16.5. The van der Waals surface area contributed by atoms with E-state index in [1.54, 1.807) is 46.2 Å². The molecule has 3 aromatic carbocycles. The highest BCUT2D eigenvalue weighted by Gasteiger charge is 2.33. The number of nitrogens with two attached hydrogens (primary N) is 2. The van der Waals surface area contributed by atoms with E-state index in [2.05, 4.69) is 10.6 Å². The van der Waals surface area contributed by atoms with E-state index < -0.39 is 0 Å². The van der Waals surface area contributed by atoms with Gasteiger partial charge in [0.25, 0.3) is 23.6 Å². The zero-order chi connectivity index (χ0) is 51.6. The molecule has 2 saturated carbocycles. The van der Waals surface area contributed by atoms with Crippen LogP contribution in [0.1, 0.15) is 152 Å². The quantitative estimate of drug-likeness (QED) is 0.107. The zero-order valence-corrected chi connectivity index (χ0v) is 42.6. The van der Waals surface area contributed by atoms with Crippen molar-refractivity contribution in [3.05, 3.63) is 69.8 Å². The highest BCUT2D eigenvalue weighted by Crippen LogP contribution is 2.38. The molecule has 18 nitrogen and oxygen atoms in total. The number of nitrogens with one attached hydrogen (secondary N) is 2. The normalized spacial score (nSPS) is 20.7. The number of ether oxygens (including phenoxy) is 6. The highest BCUT2D eigenvalue weighted by molar-refractivity contribution is 6.06. The van der Waals surface area contributed by atoms with E-state index in [0.717, 1.165) is 0 Å². The van der Waals surface area contributed by atoms with Gasteiger partial charge < -0.3 is 60.3 Å². The van der Waals surface area contributed by atoms with Crippen LogP contribution in [-0.4, -0.2) is 138 Å². The summed E-state index contributed by atoms with van der Waals surface area (Å²) in [4.78, 5) is 86.2. The maximum atomic E-state index is 14.0. The molecule has 4 aliphatic rings. The molecule has 3 aromatic rings. The predicted octanol–water partition coefficient (Wildman–Crippen LogP) is 5.99. The van der Waals surface area contributed by atoms with E-state index >= 15 is 0 Å². The van der Waals surface area contributed by atoms with Crippen molar-refractivity contribution in [2.45, 2.75) is 114 Å². The molecule has 390 valence electrons. The minimum absolute atomic E-state index is 0.0412. The first-order chi connectivity index (χ1) is 34.7. The summed E-state index contributed by atoms with van der Waals surface area (Å²) < 4.78 is 33.5. The van der Waals surface area contributed by atoms with Crippen LogP contribution < -0.4 is 50.5 Å². The number of likely N-dealkylation sites (tertiary alicyclic amines) is 2. The first-order valence-corrected chi connectivity index (χ1v) is 25.2. The van der Waals surface area contributed by atoms with Crippen LogP contribution in [0.15, 0.2) is 36.4 Å². The predicted molar refractivity (Wildman–Crippen MR) is 269 cm³/mol. The molecule has 2 aliphatic heterocycles. The third kappa shape index (κ3) is 12.4. The minimum Gasteiger partial charge on any atom is -0.496 e. The van der Waals surface area contributed by atoms with Crippen molar-refractivity contribution in [1.29, 1.82) is 0 Å². The Morgan fingerprint density at radius 1 is 0.417 bits per heavy atom. The number of nitrogens with zero attached hydrogens (tertiary/aromatic N) is 2. The molecule has 18 heteroatoms. The monoisotopic (exact) mass is 997 g/mol. The maximum Gasteiger partial charge on any atom is 0.257 e. The fourth-order valence-corrected chi connectivity index (χ4v) is 10.7. The molecule has 0 spiro atoms. The smallest absolute Gasteiger partial charge is 0.257 e. The van der Waals surface area contributed by atoms with Crippen molar-refractivity contribution < 1.29 is 57.2 Å². The summed E-state index contributed by atoms with van der Waals surface area (Å²) in [5.41, 5.74) is 13.8. The molecule has 4 amide bonds. The summed E-state index contributed by atoms with van der Waals surface area (Å²) in [6, 6.07) is 9.21. The van der Waals surface area contributed by atoms with Crippen molar-refractivity contribution in [2.24, 2.45) is 23.3 Å². The lowest BCUT2D eigenvalue weighted by Gasteiger charge is -2.31. The van der Waals surface area contributed by atoms with E-state index in [9.17, 15) is 28.8 Å². The van der Waals surface area contributed by atoms with Crippen LogP contribution in [0.25, 0.3) is 0 Å². The van der Waals surface area contributed by atoms with E-state index in [0.29, 0.717) is 137 Å². The van der Waals surface area contributed by atoms with Gasteiger partial charge in [-0.25, -0.2) is 0 Å².